The molecule has 0 spiro atoms. The molecule has 7 heteroatoms. The number of hydrogen-bond donors (Lipinski definition) is 2. The van der Waals surface area contributed by atoms with Crippen molar-refractivity contribution in [3.05, 3.63) is 87.4 Å². The Bertz CT molecular complexity index is 1430. The van der Waals surface area contributed by atoms with Crippen molar-refractivity contribution in [1.82, 2.24) is 14.3 Å². The van der Waals surface area contributed by atoms with Crippen molar-refractivity contribution < 1.29 is 4.79 Å². The molecule has 0 unspecified atom stereocenters. The monoisotopic (exact) mass is 413 g/mol. The van der Waals surface area contributed by atoms with E-state index in [1.54, 1.807) is 24.4 Å². The zero-order chi connectivity index (χ0) is 22.1. The number of fused-ring (bicyclic) bond motifs is 3. The molecule has 3 N–H and O–H groups in total. The summed E-state index contributed by atoms with van der Waals surface area (Å²) in [5, 5.41) is 13.7. The summed E-state index contributed by atoms with van der Waals surface area (Å²) in [5.74, 6) is -0.508. The molecule has 7 nitrogen and oxygen atoms in total. The maximum atomic E-state index is 13.2. The number of carbonyl (C=O) groups is 1. The van der Waals surface area contributed by atoms with Gasteiger partial charge in [-0.3, -0.25) is 9.59 Å². The number of amides is 1. The van der Waals surface area contributed by atoms with Crippen LogP contribution >= 0.6 is 0 Å². The van der Waals surface area contributed by atoms with Gasteiger partial charge >= 0.3 is 0 Å². The summed E-state index contributed by atoms with van der Waals surface area (Å²) in [6, 6.07) is 13.0. The molecule has 0 atom stereocenters. The molecule has 0 fully saturated rings. The molecule has 31 heavy (non-hydrogen) atoms. The van der Waals surface area contributed by atoms with E-state index in [4.69, 9.17) is 11.1 Å². The Kier molecular flexibility index (Phi) is 5.25. The van der Waals surface area contributed by atoms with Gasteiger partial charge in [-0.1, -0.05) is 24.3 Å². The summed E-state index contributed by atoms with van der Waals surface area (Å²) in [4.78, 5) is 24.7. The number of primary amides is 1. The van der Waals surface area contributed by atoms with Gasteiger partial charge in [-0.25, -0.2) is 4.68 Å². The molecule has 4 aromatic rings. The fourth-order valence-corrected chi connectivity index (χ4v) is 3.90. The van der Waals surface area contributed by atoms with Gasteiger partial charge < -0.3 is 15.7 Å². The molecule has 2 aromatic carbocycles. The lowest BCUT2D eigenvalue weighted by Gasteiger charge is -2.06. The number of rotatable bonds is 6. The number of carbonyl (C=O) groups excluding carboxylic acids is 1. The van der Waals surface area contributed by atoms with E-state index >= 15 is 0 Å². The van der Waals surface area contributed by atoms with Crippen molar-refractivity contribution in [3.8, 4) is 0 Å². The standard InChI is InChI=1S/C24H23N5O2/c1-3-15(12-25)9-16-7-8-21-19(11-16)20-13-27-29(24(31)22(20)28(21)2)14-17-5-4-6-18(10-17)23(26)30/h3-8,10-13,25H,9,14H2,1-2H3,(H2,26,30)/b15-3-,25-12?. The van der Waals surface area contributed by atoms with Gasteiger partial charge in [-0.15, -0.1) is 0 Å². The SMILES string of the molecule is C/C=C(\C=N)Cc1ccc2c(c1)c1cnn(Cc3cccc(C(N)=O)c3)c(=O)c1n2C. The van der Waals surface area contributed by atoms with Crippen molar-refractivity contribution >= 4 is 33.9 Å². The molecule has 0 aliphatic rings. The highest BCUT2D eigenvalue weighted by atomic mass is 16.1. The third-order valence-electron chi connectivity index (χ3n) is 5.57. The normalized spacial score (nSPS) is 11.9. The molecule has 0 radical (unpaired) electrons. The highest BCUT2D eigenvalue weighted by Crippen LogP contribution is 2.27. The topological polar surface area (TPSA) is 107 Å². The fourth-order valence-electron chi connectivity index (χ4n) is 3.90. The van der Waals surface area contributed by atoms with Crippen LogP contribution in [0.15, 0.2) is 65.1 Å². The number of aromatic nitrogens is 3. The highest BCUT2D eigenvalue weighted by molar-refractivity contribution is 6.07. The third-order valence-corrected chi connectivity index (χ3v) is 5.57. The van der Waals surface area contributed by atoms with Crippen LogP contribution in [0, 0.1) is 5.41 Å². The van der Waals surface area contributed by atoms with E-state index in [0.29, 0.717) is 17.5 Å². The Morgan fingerprint density at radius 2 is 1.97 bits per heavy atom. The summed E-state index contributed by atoms with van der Waals surface area (Å²) in [5.41, 5.74) is 9.86. The minimum atomic E-state index is -0.508. The smallest absolute Gasteiger partial charge is 0.291 e. The van der Waals surface area contributed by atoms with E-state index in [1.165, 1.54) is 10.9 Å². The molecule has 0 aliphatic heterocycles. The molecule has 0 aliphatic carbocycles. The number of nitrogens with zero attached hydrogens (tertiary/aromatic N) is 3. The van der Waals surface area contributed by atoms with Crippen molar-refractivity contribution in [3.63, 3.8) is 0 Å². The quantitative estimate of drug-likeness (QED) is 0.474. The van der Waals surface area contributed by atoms with Crippen LogP contribution in [0.5, 0.6) is 0 Å². The lowest BCUT2D eigenvalue weighted by atomic mass is 10.0. The number of allylic oxidation sites excluding steroid dienone is 2. The van der Waals surface area contributed by atoms with Gasteiger partial charge in [-0.05, 0) is 54.3 Å². The molecular weight excluding hydrogens is 390 g/mol. The largest absolute Gasteiger partial charge is 0.366 e. The average Bonchev–Trinajstić information content (AvgIpc) is 3.06. The minimum absolute atomic E-state index is 0.198. The second kappa shape index (κ2) is 8.02. The van der Waals surface area contributed by atoms with Gasteiger partial charge in [-0.2, -0.15) is 5.10 Å². The minimum Gasteiger partial charge on any atom is -0.366 e. The number of hydrogen-bond acceptors (Lipinski definition) is 4. The molecule has 0 bridgehead atoms. The van der Waals surface area contributed by atoms with E-state index in [1.807, 2.05) is 42.8 Å². The predicted molar refractivity (Wildman–Crippen MR) is 123 cm³/mol. The van der Waals surface area contributed by atoms with Gasteiger partial charge in [0, 0.05) is 35.1 Å². The Hall–Kier alpha value is -4.00. The summed E-state index contributed by atoms with van der Waals surface area (Å²) in [6.07, 6.45) is 5.66. The van der Waals surface area contributed by atoms with E-state index in [2.05, 4.69) is 11.2 Å². The first-order chi connectivity index (χ1) is 14.9. The van der Waals surface area contributed by atoms with E-state index in [0.717, 1.165) is 33.0 Å². The van der Waals surface area contributed by atoms with Crippen LogP contribution in [0.1, 0.15) is 28.4 Å². The van der Waals surface area contributed by atoms with Crippen LogP contribution in [0.25, 0.3) is 21.8 Å². The van der Waals surface area contributed by atoms with Crippen molar-refractivity contribution in [2.75, 3.05) is 0 Å². The zero-order valence-electron chi connectivity index (χ0n) is 17.4. The Balaban J connectivity index is 1.80. The van der Waals surface area contributed by atoms with Crippen molar-refractivity contribution in [2.24, 2.45) is 12.8 Å². The number of nitrogens with two attached hydrogens (primary N) is 1. The summed E-state index contributed by atoms with van der Waals surface area (Å²) in [6.45, 7) is 2.16. The lowest BCUT2D eigenvalue weighted by Crippen LogP contribution is -2.24. The number of nitrogens with one attached hydrogen (secondary N) is 1. The average molecular weight is 413 g/mol. The maximum Gasteiger partial charge on any atom is 0.291 e. The van der Waals surface area contributed by atoms with E-state index < -0.39 is 5.91 Å². The van der Waals surface area contributed by atoms with Crippen LogP contribution in [-0.2, 0) is 20.0 Å². The lowest BCUT2D eigenvalue weighted by molar-refractivity contribution is 0.1000. The summed E-state index contributed by atoms with van der Waals surface area (Å²) < 4.78 is 3.29. The molecule has 2 heterocycles. The molecule has 1 amide bonds. The molecular formula is C24H23N5O2. The fraction of sp³-hybridized carbons (Fsp3) is 0.167. The molecule has 2 aromatic heterocycles. The molecule has 0 saturated carbocycles. The van der Waals surface area contributed by atoms with Gasteiger partial charge in [0.15, 0.2) is 0 Å². The Morgan fingerprint density at radius 1 is 1.16 bits per heavy atom. The van der Waals surface area contributed by atoms with Crippen molar-refractivity contribution in [2.45, 2.75) is 19.9 Å². The van der Waals surface area contributed by atoms with Gasteiger partial charge in [0.2, 0.25) is 5.91 Å². The summed E-state index contributed by atoms with van der Waals surface area (Å²) >= 11 is 0. The van der Waals surface area contributed by atoms with E-state index in [-0.39, 0.29) is 12.1 Å². The van der Waals surface area contributed by atoms with Gasteiger partial charge in [0.25, 0.3) is 5.56 Å². The second-order valence-electron chi connectivity index (χ2n) is 7.53. The number of aryl methyl sites for hydroxylation is 1. The highest BCUT2D eigenvalue weighted by Gasteiger charge is 2.15. The zero-order valence-corrected chi connectivity index (χ0v) is 17.4. The first-order valence-corrected chi connectivity index (χ1v) is 9.94. The maximum absolute atomic E-state index is 13.2. The van der Waals surface area contributed by atoms with Crippen molar-refractivity contribution in [1.29, 1.82) is 5.41 Å². The predicted octanol–water partition coefficient (Wildman–Crippen LogP) is 3.17. The molecule has 156 valence electrons. The van der Waals surface area contributed by atoms with Gasteiger partial charge in [0.1, 0.15) is 5.52 Å². The van der Waals surface area contributed by atoms with Crippen LogP contribution in [-0.4, -0.2) is 26.5 Å². The Labute approximate surface area is 178 Å². The third kappa shape index (κ3) is 3.66. The van der Waals surface area contributed by atoms with Crippen LogP contribution in [0.4, 0.5) is 0 Å². The van der Waals surface area contributed by atoms with Crippen LogP contribution < -0.4 is 11.3 Å². The number of benzene rings is 2. The van der Waals surface area contributed by atoms with E-state index in [9.17, 15) is 9.59 Å². The molecule has 4 rings (SSSR count). The second-order valence-corrected chi connectivity index (χ2v) is 7.53. The van der Waals surface area contributed by atoms with Crippen LogP contribution in [0.3, 0.4) is 0 Å². The summed E-state index contributed by atoms with van der Waals surface area (Å²) in [7, 11) is 1.87. The Morgan fingerprint density at radius 3 is 2.68 bits per heavy atom. The van der Waals surface area contributed by atoms with Crippen LogP contribution in [0.2, 0.25) is 0 Å². The first-order valence-electron chi connectivity index (χ1n) is 9.94. The molecule has 0 saturated heterocycles. The first kappa shape index (κ1) is 20.3. The van der Waals surface area contributed by atoms with Gasteiger partial charge in [0.05, 0.1) is 12.7 Å².